The number of hydrogen-bond donors (Lipinski definition) is 1. The Balaban J connectivity index is 2.43. The van der Waals surface area contributed by atoms with Crippen LogP contribution in [0.15, 0.2) is 42.5 Å². The normalized spacial score (nSPS) is 11.9. The lowest BCUT2D eigenvalue weighted by atomic mass is 9.96. The van der Waals surface area contributed by atoms with Gasteiger partial charge in [0.2, 0.25) is 0 Å². The summed E-state index contributed by atoms with van der Waals surface area (Å²) in [7, 11) is 1.48. The fraction of sp³-hybridized carbons (Fsp3) is 0.188. The highest BCUT2D eigenvalue weighted by molar-refractivity contribution is 5.77. The molecule has 0 aliphatic rings. The molecule has 3 nitrogen and oxygen atoms in total. The molecule has 0 radical (unpaired) electrons. The van der Waals surface area contributed by atoms with E-state index in [9.17, 15) is 9.18 Å². The summed E-state index contributed by atoms with van der Waals surface area (Å²) in [4.78, 5) is 11.0. The van der Waals surface area contributed by atoms with Crippen molar-refractivity contribution >= 4 is 5.97 Å². The molecule has 0 spiro atoms. The van der Waals surface area contributed by atoms with Gasteiger partial charge in [-0.2, -0.15) is 0 Å². The lowest BCUT2D eigenvalue weighted by Gasteiger charge is -2.10. The van der Waals surface area contributed by atoms with Crippen LogP contribution in [0.4, 0.5) is 4.39 Å². The molecule has 0 fully saturated rings. The molecule has 0 aliphatic heterocycles. The lowest BCUT2D eigenvalue weighted by Crippen LogP contribution is -2.07. The molecule has 0 amide bonds. The van der Waals surface area contributed by atoms with Crippen LogP contribution in [0.2, 0.25) is 0 Å². The first kappa shape index (κ1) is 14.1. The van der Waals surface area contributed by atoms with E-state index >= 15 is 0 Å². The molecular formula is C16H15FO3. The number of aliphatic carboxylic acids is 1. The van der Waals surface area contributed by atoms with Gasteiger partial charge in [0, 0.05) is 11.6 Å². The van der Waals surface area contributed by atoms with Crippen LogP contribution in [-0.2, 0) is 4.79 Å². The van der Waals surface area contributed by atoms with Crippen LogP contribution in [0.3, 0.4) is 0 Å². The second-order valence-electron chi connectivity index (χ2n) is 4.53. The lowest BCUT2D eigenvalue weighted by molar-refractivity contribution is -0.138. The number of methoxy groups -OCH3 is 1. The first-order valence-corrected chi connectivity index (χ1v) is 6.19. The second-order valence-corrected chi connectivity index (χ2v) is 4.53. The number of carboxylic acid groups (broad SMARTS) is 1. The molecule has 1 atom stereocenters. The molecule has 104 valence electrons. The third kappa shape index (κ3) is 2.79. The molecule has 0 heterocycles. The van der Waals surface area contributed by atoms with Gasteiger partial charge in [-0.05, 0) is 30.2 Å². The van der Waals surface area contributed by atoms with Crippen LogP contribution in [0.1, 0.15) is 18.4 Å². The zero-order chi connectivity index (χ0) is 14.7. The van der Waals surface area contributed by atoms with Crippen molar-refractivity contribution in [3.05, 3.63) is 53.8 Å². The van der Waals surface area contributed by atoms with Gasteiger partial charge in [-0.1, -0.05) is 24.3 Å². The Bertz CT molecular complexity index is 637. The predicted octanol–water partition coefficient (Wildman–Crippen LogP) is 3.69. The minimum atomic E-state index is -0.905. The average Bonchev–Trinajstić information content (AvgIpc) is 2.46. The molecule has 2 aromatic rings. The molecule has 20 heavy (non-hydrogen) atoms. The minimum Gasteiger partial charge on any atom is -0.497 e. The summed E-state index contributed by atoms with van der Waals surface area (Å²) >= 11 is 0. The summed E-state index contributed by atoms with van der Waals surface area (Å²) in [6.07, 6.45) is 0. The Kier molecular flexibility index (Phi) is 4.03. The highest BCUT2D eigenvalue weighted by atomic mass is 19.1. The van der Waals surface area contributed by atoms with Crippen LogP contribution in [0.25, 0.3) is 11.1 Å². The third-order valence-electron chi connectivity index (χ3n) is 3.24. The Morgan fingerprint density at radius 1 is 1.25 bits per heavy atom. The van der Waals surface area contributed by atoms with Crippen LogP contribution in [0.5, 0.6) is 5.75 Å². The van der Waals surface area contributed by atoms with Crippen molar-refractivity contribution in [3.63, 3.8) is 0 Å². The van der Waals surface area contributed by atoms with Crippen LogP contribution < -0.4 is 4.74 Å². The summed E-state index contributed by atoms with van der Waals surface area (Å²) in [6.45, 7) is 1.60. The molecule has 2 rings (SSSR count). The predicted molar refractivity (Wildman–Crippen MR) is 74.4 cm³/mol. The fourth-order valence-electron chi connectivity index (χ4n) is 1.98. The number of carbonyl (C=O) groups is 1. The second kappa shape index (κ2) is 5.74. The Morgan fingerprint density at radius 3 is 2.60 bits per heavy atom. The van der Waals surface area contributed by atoms with Crippen molar-refractivity contribution in [1.29, 1.82) is 0 Å². The molecule has 2 aromatic carbocycles. The van der Waals surface area contributed by atoms with Crippen LogP contribution in [0, 0.1) is 5.82 Å². The molecule has 1 unspecified atom stereocenters. The van der Waals surface area contributed by atoms with Crippen molar-refractivity contribution in [2.45, 2.75) is 12.8 Å². The van der Waals surface area contributed by atoms with Crippen molar-refractivity contribution in [1.82, 2.24) is 0 Å². The molecular weight excluding hydrogens is 259 g/mol. The number of rotatable bonds is 4. The molecule has 1 N–H and O–H groups in total. The topological polar surface area (TPSA) is 46.5 Å². The third-order valence-corrected chi connectivity index (χ3v) is 3.24. The maximum Gasteiger partial charge on any atom is 0.310 e. The molecule has 0 aromatic heterocycles. The summed E-state index contributed by atoms with van der Waals surface area (Å²) in [5.74, 6) is -1.49. The summed E-state index contributed by atoms with van der Waals surface area (Å²) in [6, 6.07) is 11.5. The van der Waals surface area contributed by atoms with Gasteiger partial charge in [0.15, 0.2) is 0 Å². The highest BCUT2D eigenvalue weighted by Gasteiger charge is 2.15. The van der Waals surface area contributed by atoms with E-state index in [0.717, 1.165) is 0 Å². The molecule has 0 bridgehead atoms. The van der Waals surface area contributed by atoms with Crippen molar-refractivity contribution in [3.8, 4) is 16.9 Å². The van der Waals surface area contributed by atoms with E-state index in [1.54, 1.807) is 43.3 Å². The van der Waals surface area contributed by atoms with Gasteiger partial charge in [-0.25, -0.2) is 4.39 Å². The van der Waals surface area contributed by atoms with Gasteiger partial charge in [0.1, 0.15) is 11.6 Å². The molecule has 0 saturated carbocycles. The number of carboxylic acids is 1. The Labute approximate surface area is 116 Å². The van der Waals surface area contributed by atoms with Gasteiger partial charge in [-0.3, -0.25) is 4.79 Å². The zero-order valence-corrected chi connectivity index (χ0v) is 11.3. The van der Waals surface area contributed by atoms with Crippen molar-refractivity contribution in [2.75, 3.05) is 7.11 Å². The van der Waals surface area contributed by atoms with Crippen LogP contribution >= 0.6 is 0 Å². The number of halogens is 1. The van der Waals surface area contributed by atoms with Gasteiger partial charge in [0.25, 0.3) is 0 Å². The Morgan fingerprint density at radius 2 is 2.00 bits per heavy atom. The van der Waals surface area contributed by atoms with E-state index in [4.69, 9.17) is 9.84 Å². The Hall–Kier alpha value is -2.36. The van der Waals surface area contributed by atoms with Crippen molar-refractivity contribution < 1.29 is 19.0 Å². The van der Waals surface area contributed by atoms with E-state index in [1.165, 1.54) is 13.2 Å². The average molecular weight is 274 g/mol. The molecule has 0 saturated heterocycles. The monoisotopic (exact) mass is 274 g/mol. The van der Waals surface area contributed by atoms with Crippen molar-refractivity contribution in [2.24, 2.45) is 0 Å². The summed E-state index contributed by atoms with van der Waals surface area (Å²) < 4.78 is 19.0. The molecule has 4 heteroatoms. The van der Waals surface area contributed by atoms with Gasteiger partial charge in [0.05, 0.1) is 13.0 Å². The summed E-state index contributed by atoms with van der Waals surface area (Å²) in [5, 5.41) is 9.03. The van der Waals surface area contributed by atoms with Gasteiger partial charge >= 0.3 is 5.97 Å². The maximum atomic E-state index is 14.0. The molecule has 0 aliphatic carbocycles. The SMILES string of the molecule is COc1ccc(-c2cccc(C(C)C(=O)O)c2)c(F)c1. The standard InChI is InChI=1S/C16H15FO3/c1-10(16(18)19)11-4-3-5-12(8-11)14-7-6-13(20-2)9-15(14)17/h3-10H,1-2H3,(H,18,19). The van der Waals surface area contributed by atoms with Crippen LogP contribution in [-0.4, -0.2) is 18.2 Å². The van der Waals surface area contributed by atoms with E-state index in [-0.39, 0.29) is 0 Å². The maximum absolute atomic E-state index is 14.0. The minimum absolute atomic E-state index is 0.399. The first-order valence-electron chi connectivity index (χ1n) is 6.19. The van der Waals surface area contributed by atoms with E-state index in [1.807, 2.05) is 0 Å². The number of benzene rings is 2. The number of ether oxygens (including phenoxy) is 1. The summed E-state index contributed by atoms with van der Waals surface area (Å²) in [5.41, 5.74) is 1.71. The van der Waals surface area contributed by atoms with E-state index in [2.05, 4.69) is 0 Å². The van der Waals surface area contributed by atoms with Gasteiger partial charge in [-0.15, -0.1) is 0 Å². The largest absolute Gasteiger partial charge is 0.497 e. The highest BCUT2D eigenvalue weighted by Crippen LogP contribution is 2.28. The van der Waals surface area contributed by atoms with E-state index in [0.29, 0.717) is 22.4 Å². The fourth-order valence-corrected chi connectivity index (χ4v) is 1.98. The van der Waals surface area contributed by atoms with E-state index < -0.39 is 17.7 Å². The smallest absolute Gasteiger partial charge is 0.310 e. The zero-order valence-electron chi connectivity index (χ0n) is 11.3. The quantitative estimate of drug-likeness (QED) is 0.924. The van der Waals surface area contributed by atoms with Gasteiger partial charge < -0.3 is 9.84 Å². The first-order chi connectivity index (χ1) is 9.52. The number of hydrogen-bond acceptors (Lipinski definition) is 2.